The maximum absolute atomic E-state index is 13.1. The molecule has 0 radical (unpaired) electrons. The lowest BCUT2D eigenvalue weighted by Crippen LogP contribution is -2.31. The number of carbonyl (C=O) groups excluding carboxylic acids is 3. The van der Waals surface area contributed by atoms with Gasteiger partial charge in [-0.25, -0.2) is 0 Å². The van der Waals surface area contributed by atoms with Crippen molar-refractivity contribution in [2.24, 2.45) is 11.8 Å². The van der Waals surface area contributed by atoms with Crippen LogP contribution in [-0.4, -0.2) is 17.7 Å². The molecule has 194 valence electrons. The molecular weight excluding hydrogens is 476 g/mol. The third kappa shape index (κ3) is 4.99. The van der Waals surface area contributed by atoms with Gasteiger partial charge in [-0.1, -0.05) is 43.7 Å². The Morgan fingerprint density at radius 2 is 1.68 bits per heavy atom. The molecule has 0 saturated carbocycles. The molecule has 1 N–H and O–H groups in total. The van der Waals surface area contributed by atoms with E-state index in [2.05, 4.69) is 31.3 Å². The molecule has 5 rings (SSSR count). The quantitative estimate of drug-likeness (QED) is 0.287. The van der Waals surface area contributed by atoms with Crippen molar-refractivity contribution in [3.8, 4) is 11.5 Å². The first-order valence-electron chi connectivity index (χ1n) is 13.0. The Morgan fingerprint density at radius 1 is 0.947 bits per heavy atom. The zero-order valence-corrected chi connectivity index (χ0v) is 22.2. The van der Waals surface area contributed by atoms with E-state index in [4.69, 9.17) is 4.74 Å². The van der Waals surface area contributed by atoms with Crippen molar-refractivity contribution in [2.75, 3.05) is 10.2 Å². The molecule has 0 aromatic heterocycles. The highest BCUT2D eigenvalue weighted by Crippen LogP contribution is 2.40. The average molecular weight is 509 g/mol. The number of aryl methyl sites for hydroxylation is 1. The highest BCUT2D eigenvalue weighted by Gasteiger charge is 2.48. The van der Waals surface area contributed by atoms with Crippen LogP contribution in [0.25, 0.3) is 0 Å². The molecule has 1 aliphatic carbocycles. The van der Waals surface area contributed by atoms with Gasteiger partial charge in [-0.15, -0.1) is 0 Å². The van der Waals surface area contributed by atoms with Crippen molar-refractivity contribution >= 4 is 29.1 Å². The number of hydrogen-bond donors (Lipinski definition) is 1. The molecule has 2 aliphatic rings. The summed E-state index contributed by atoms with van der Waals surface area (Å²) in [6, 6.07) is 20.1. The van der Waals surface area contributed by atoms with Crippen LogP contribution in [0.4, 0.5) is 11.4 Å². The molecule has 0 bridgehead atoms. The van der Waals surface area contributed by atoms with Crippen LogP contribution in [-0.2, 0) is 9.59 Å². The predicted octanol–water partition coefficient (Wildman–Crippen LogP) is 7.01. The third-order valence-corrected chi connectivity index (χ3v) is 7.32. The van der Waals surface area contributed by atoms with E-state index in [0.29, 0.717) is 41.4 Å². The van der Waals surface area contributed by atoms with E-state index in [1.165, 1.54) is 4.90 Å². The van der Waals surface area contributed by atoms with Crippen LogP contribution in [0.2, 0.25) is 0 Å². The fourth-order valence-electron chi connectivity index (χ4n) is 5.22. The second-order valence-electron chi connectivity index (χ2n) is 10.5. The Hall–Kier alpha value is -4.19. The van der Waals surface area contributed by atoms with Crippen molar-refractivity contribution < 1.29 is 19.1 Å². The van der Waals surface area contributed by atoms with Gasteiger partial charge < -0.3 is 10.1 Å². The standard InChI is InChI=1S/C32H32N2O4/c1-19(2)26-14-8-21(4)17-29(26)38-25-12-10-23(11-13-25)33-30(35)22-6-5-7-24(18-22)34-31(36)27-15-9-20(3)16-28(27)32(34)37/h5-14,17-19,27-28H,15-16H2,1-4H3,(H,33,35)/t27-,28-/m1/s1. The summed E-state index contributed by atoms with van der Waals surface area (Å²) in [5, 5.41) is 2.89. The number of carbonyl (C=O) groups is 3. The Balaban J connectivity index is 1.28. The third-order valence-electron chi connectivity index (χ3n) is 7.32. The monoisotopic (exact) mass is 508 g/mol. The lowest BCUT2D eigenvalue weighted by molar-refractivity contribution is -0.122. The normalized spacial score (nSPS) is 18.9. The van der Waals surface area contributed by atoms with E-state index >= 15 is 0 Å². The van der Waals surface area contributed by atoms with Crippen molar-refractivity contribution in [3.63, 3.8) is 0 Å². The number of ether oxygens (including phenoxy) is 1. The number of hydrogen-bond acceptors (Lipinski definition) is 4. The number of rotatable bonds is 6. The first-order chi connectivity index (χ1) is 18.2. The smallest absolute Gasteiger partial charge is 0.255 e. The van der Waals surface area contributed by atoms with Gasteiger partial charge >= 0.3 is 0 Å². The number of fused-ring (bicyclic) bond motifs is 1. The Kier molecular flexibility index (Phi) is 6.89. The summed E-state index contributed by atoms with van der Waals surface area (Å²) in [5.74, 6) is 0.496. The molecule has 3 amide bonds. The molecule has 38 heavy (non-hydrogen) atoms. The van der Waals surface area contributed by atoms with Gasteiger partial charge in [0.2, 0.25) is 11.8 Å². The summed E-state index contributed by atoms with van der Waals surface area (Å²) in [7, 11) is 0. The Morgan fingerprint density at radius 3 is 2.42 bits per heavy atom. The molecule has 1 heterocycles. The molecule has 3 aromatic rings. The highest BCUT2D eigenvalue weighted by molar-refractivity contribution is 6.22. The number of imide groups is 1. The molecule has 1 saturated heterocycles. The maximum Gasteiger partial charge on any atom is 0.255 e. The van der Waals surface area contributed by atoms with E-state index in [9.17, 15) is 14.4 Å². The minimum atomic E-state index is -0.324. The fourth-order valence-corrected chi connectivity index (χ4v) is 5.22. The van der Waals surface area contributed by atoms with Crippen LogP contribution in [0, 0.1) is 18.8 Å². The Labute approximate surface area is 223 Å². The van der Waals surface area contributed by atoms with Gasteiger partial charge in [0.15, 0.2) is 0 Å². The number of nitrogens with one attached hydrogen (secondary N) is 1. The van der Waals surface area contributed by atoms with E-state index in [0.717, 1.165) is 22.4 Å². The number of benzene rings is 3. The van der Waals surface area contributed by atoms with Crippen LogP contribution in [0.1, 0.15) is 61.0 Å². The second-order valence-corrected chi connectivity index (χ2v) is 10.5. The molecule has 1 aliphatic heterocycles. The minimum absolute atomic E-state index is 0.185. The summed E-state index contributed by atoms with van der Waals surface area (Å²) in [5.41, 5.74) is 4.81. The topological polar surface area (TPSA) is 75.7 Å². The zero-order valence-electron chi connectivity index (χ0n) is 22.2. The number of allylic oxidation sites excluding steroid dienone is 2. The van der Waals surface area contributed by atoms with Gasteiger partial charge in [0, 0.05) is 11.3 Å². The lowest BCUT2D eigenvalue weighted by Gasteiger charge is -2.18. The van der Waals surface area contributed by atoms with Crippen LogP contribution in [0.15, 0.2) is 78.4 Å². The van der Waals surface area contributed by atoms with Gasteiger partial charge in [0.1, 0.15) is 11.5 Å². The minimum Gasteiger partial charge on any atom is -0.457 e. The summed E-state index contributed by atoms with van der Waals surface area (Å²) >= 11 is 0. The van der Waals surface area contributed by atoms with E-state index < -0.39 is 0 Å². The molecule has 6 heteroatoms. The summed E-state index contributed by atoms with van der Waals surface area (Å²) < 4.78 is 6.15. The molecule has 2 atom stereocenters. The molecular formula is C32H32N2O4. The van der Waals surface area contributed by atoms with Gasteiger partial charge in [-0.3, -0.25) is 19.3 Å². The molecule has 1 fully saturated rings. The van der Waals surface area contributed by atoms with E-state index in [-0.39, 0.29) is 29.6 Å². The van der Waals surface area contributed by atoms with Crippen molar-refractivity contribution in [1.82, 2.24) is 0 Å². The predicted molar refractivity (Wildman–Crippen MR) is 149 cm³/mol. The van der Waals surface area contributed by atoms with Crippen LogP contribution in [0.3, 0.4) is 0 Å². The van der Waals surface area contributed by atoms with Crippen molar-refractivity contribution in [1.29, 1.82) is 0 Å². The average Bonchev–Trinajstić information content (AvgIpc) is 3.14. The zero-order chi connectivity index (χ0) is 27.0. The fraction of sp³-hybridized carbons (Fsp3) is 0.281. The van der Waals surface area contributed by atoms with Gasteiger partial charge in [0.05, 0.1) is 17.5 Å². The highest BCUT2D eigenvalue weighted by atomic mass is 16.5. The van der Waals surface area contributed by atoms with Gasteiger partial charge in [-0.05, 0) is 92.3 Å². The first kappa shape index (κ1) is 25.5. The molecule has 6 nitrogen and oxygen atoms in total. The first-order valence-corrected chi connectivity index (χ1v) is 13.0. The van der Waals surface area contributed by atoms with Crippen LogP contribution < -0.4 is 15.0 Å². The van der Waals surface area contributed by atoms with Gasteiger partial charge in [-0.2, -0.15) is 0 Å². The van der Waals surface area contributed by atoms with Crippen molar-refractivity contribution in [2.45, 2.75) is 46.5 Å². The Bertz CT molecular complexity index is 1440. The lowest BCUT2D eigenvalue weighted by atomic mass is 9.82. The number of nitrogens with zero attached hydrogens (tertiary/aromatic N) is 1. The van der Waals surface area contributed by atoms with Gasteiger partial charge in [0.25, 0.3) is 5.91 Å². The molecule has 3 aromatic carbocycles. The van der Waals surface area contributed by atoms with Crippen LogP contribution >= 0.6 is 0 Å². The summed E-state index contributed by atoms with van der Waals surface area (Å²) in [4.78, 5) is 40.4. The summed E-state index contributed by atoms with van der Waals surface area (Å²) in [6.07, 6.45) is 3.23. The largest absolute Gasteiger partial charge is 0.457 e. The number of amides is 3. The molecule has 0 unspecified atom stereocenters. The second kappa shape index (κ2) is 10.3. The molecule has 0 spiro atoms. The van der Waals surface area contributed by atoms with E-state index in [1.54, 1.807) is 36.4 Å². The summed E-state index contributed by atoms with van der Waals surface area (Å²) in [6.45, 7) is 8.29. The maximum atomic E-state index is 13.1. The SMILES string of the molecule is CC1=CC[C@H]2C(=O)N(c3cccc(C(=O)Nc4ccc(Oc5cc(C)ccc5C(C)C)cc4)c3)C(=O)[C@@H]2C1. The van der Waals surface area contributed by atoms with Crippen LogP contribution in [0.5, 0.6) is 11.5 Å². The van der Waals surface area contributed by atoms with Crippen molar-refractivity contribution in [3.05, 3.63) is 95.1 Å². The van der Waals surface area contributed by atoms with E-state index in [1.807, 2.05) is 38.1 Å². The number of anilines is 2.